The van der Waals surface area contributed by atoms with Gasteiger partial charge < -0.3 is 5.32 Å². The van der Waals surface area contributed by atoms with Crippen LogP contribution in [0, 0.1) is 10.1 Å². The normalized spacial score (nSPS) is 10.4. The monoisotopic (exact) mass is 234 g/mol. The Labute approximate surface area is 99.3 Å². The Kier molecular flexibility index (Phi) is 4.87. The third-order valence-corrected chi connectivity index (χ3v) is 2.10. The molecule has 90 valence electrons. The first-order valence-electron chi connectivity index (χ1n) is 5.25. The predicted octanol–water partition coefficient (Wildman–Crippen LogP) is 2.13. The standard InChI is InChI=1S/C12H14N2O3/c1-10(15)13-9-3-2-4-11-5-7-12(8-6-11)14(16)17/h2,4-8H,3,9H2,1H3,(H,13,15). The Morgan fingerprint density at radius 3 is 2.59 bits per heavy atom. The second-order valence-corrected chi connectivity index (χ2v) is 3.52. The van der Waals surface area contributed by atoms with Gasteiger partial charge in [0, 0.05) is 25.6 Å². The van der Waals surface area contributed by atoms with Crippen LogP contribution in [0.1, 0.15) is 18.9 Å². The highest BCUT2D eigenvalue weighted by Gasteiger charge is 2.01. The van der Waals surface area contributed by atoms with Crippen molar-refractivity contribution in [2.75, 3.05) is 6.54 Å². The zero-order valence-electron chi connectivity index (χ0n) is 9.55. The maximum atomic E-state index is 10.6. The quantitative estimate of drug-likeness (QED) is 0.482. The second kappa shape index (κ2) is 6.42. The number of hydrogen-bond donors (Lipinski definition) is 1. The molecule has 0 spiro atoms. The first kappa shape index (κ1) is 12.9. The molecule has 0 saturated carbocycles. The van der Waals surface area contributed by atoms with Crippen LogP contribution >= 0.6 is 0 Å². The SMILES string of the molecule is CC(=O)NCCC=Cc1ccc([N+](=O)[O-])cc1. The minimum absolute atomic E-state index is 0.0475. The van der Waals surface area contributed by atoms with Crippen molar-refractivity contribution >= 4 is 17.7 Å². The zero-order valence-corrected chi connectivity index (χ0v) is 9.55. The van der Waals surface area contributed by atoms with Crippen molar-refractivity contribution in [1.82, 2.24) is 5.32 Å². The number of nitrogens with zero attached hydrogens (tertiary/aromatic N) is 1. The molecule has 0 aliphatic heterocycles. The molecule has 0 bridgehead atoms. The van der Waals surface area contributed by atoms with Gasteiger partial charge in [0.1, 0.15) is 0 Å². The van der Waals surface area contributed by atoms with Crippen molar-refractivity contribution in [3.8, 4) is 0 Å². The summed E-state index contributed by atoms with van der Waals surface area (Å²) in [5, 5.41) is 13.1. The molecule has 1 N–H and O–H groups in total. The van der Waals surface area contributed by atoms with E-state index in [0.717, 1.165) is 12.0 Å². The molecule has 0 unspecified atom stereocenters. The number of rotatable bonds is 5. The average molecular weight is 234 g/mol. The summed E-state index contributed by atoms with van der Waals surface area (Å²) < 4.78 is 0. The van der Waals surface area contributed by atoms with Gasteiger partial charge in [-0.3, -0.25) is 14.9 Å². The topological polar surface area (TPSA) is 72.2 Å². The van der Waals surface area contributed by atoms with E-state index in [0.29, 0.717) is 6.54 Å². The van der Waals surface area contributed by atoms with Crippen molar-refractivity contribution in [2.45, 2.75) is 13.3 Å². The summed E-state index contributed by atoms with van der Waals surface area (Å²) in [6.07, 6.45) is 4.51. The third kappa shape index (κ3) is 4.92. The predicted molar refractivity (Wildman–Crippen MR) is 65.4 cm³/mol. The molecular weight excluding hydrogens is 220 g/mol. The molecule has 1 rings (SSSR count). The minimum Gasteiger partial charge on any atom is -0.356 e. The van der Waals surface area contributed by atoms with Gasteiger partial charge in [0.05, 0.1) is 4.92 Å². The molecule has 1 aromatic rings. The number of carbonyl (C=O) groups is 1. The molecule has 5 nitrogen and oxygen atoms in total. The van der Waals surface area contributed by atoms with E-state index >= 15 is 0 Å². The summed E-state index contributed by atoms with van der Waals surface area (Å²) in [5.41, 5.74) is 0.985. The lowest BCUT2D eigenvalue weighted by atomic mass is 10.2. The molecule has 0 aliphatic rings. The number of non-ortho nitro benzene ring substituents is 1. The van der Waals surface area contributed by atoms with Crippen LogP contribution in [0.25, 0.3) is 6.08 Å². The Balaban J connectivity index is 2.43. The highest BCUT2D eigenvalue weighted by Crippen LogP contribution is 2.12. The van der Waals surface area contributed by atoms with E-state index in [1.807, 2.05) is 12.2 Å². The summed E-state index contributed by atoms with van der Waals surface area (Å²) in [6.45, 7) is 2.07. The van der Waals surface area contributed by atoms with Gasteiger partial charge in [0.2, 0.25) is 5.91 Å². The Morgan fingerprint density at radius 2 is 2.06 bits per heavy atom. The molecule has 1 aromatic carbocycles. The lowest BCUT2D eigenvalue weighted by Gasteiger charge is -1.97. The molecule has 0 saturated heterocycles. The van der Waals surface area contributed by atoms with E-state index in [-0.39, 0.29) is 11.6 Å². The van der Waals surface area contributed by atoms with Gasteiger partial charge in [-0.15, -0.1) is 0 Å². The minimum atomic E-state index is -0.426. The van der Waals surface area contributed by atoms with E-state index in [1.54, 1.807) is 12.1 Å². The van der Waals surface area contributed by atoms with Crippen molar-refractivity contribution in [3.63, 3.8) is 0 Å². The van der Waals surface area contributed by atoms with Gasteiger partial charge in [-0.25, -0.2) is 0 Å². The Morgan fingerprint density at radius 1 is 1.41 bits per heavy atom. The van der Waals surface area contributed by atoms with Crippen molar-refractivity contribution in [2.24, 2.45) is 0 Å². The highest BCUT2D eigenvalue weighted by molar-refractivity contribution is 5.72. The van der Waals surface area contributed by atoms with Gasteiger partial charge in [0.15, 0.2) is 0 Å². The lowest BCUT2D eigenvalue weighted by Crippen LogP contribution is -2.20. The van der Waals surface area contributed by atoms with Crippen molar-refractivity contribution in [1.29, 1.82) is 0 Å². The lowest BCUT2D eigenvalue weighted by molar-refractivity contribution is -0.384. The van der Waals surface area contributed by atoms with E-state index in [9.17, 15) is 14.9 Å². The zero-order chi connectivity index (χ0) is 12.7. The van der Waals surface area contributed by atoms with Gasteiger partial charge in [0.25, 0.3) is 5.69 Å². The fourth-order valence-electron chi connectivity index (χ4n) is 1.26. The van der Waals surface area contributed by atoms with Crippen LogP contribution in [-0.2, 0) is 4.79 Å². The first-order chi connectivity index (χ1) is 8.09. The van der Waals surface area contributed by atoms with Crippen LogP contribution < -0.4 is 5.32 Å². The summed E-state index contributed by atoms with van der Waals surface area (Å²) in [6, 6.07) is 6.31. The number of nitrogens with one attached hydrogen (secondary N) is 1. The van der Waals surface area contributed by atoms with Gasteiger partial charge in [-0.1, -0.05) is 12.2 Å². The maximum Gasteiger partial charge on any atom is 0.269 e. The summed E-state index contributed by atoms with van der Waals surface area (Å²) in [7, 11) is 0. The molecule has 0 atom stereocenters. The Hall–Kier alpha value is -2.17. The highest BCUT2D eigenvalue weighted by atomic mass is 16.6. The molecule has 0 aliphatic carbocycles. The fraction of sp³-hybridized carbons (Fsp3) is 0.250. The molecule has 1 amide bonds. The van der Waals surface area contributed by atoms with Crippen LogP contribution in [0.5, 0.6) is 0 Å². The maximum absolute atomic E-state index is 10.6. The number of nitro groups is 1. The van der Waals surface area contributed by atoms with E-state index in [4.69, 9.17) is 0 Å². The van der Waals surface area contributed by atoms with Gasteiger partial charge in [-0.05, 0) is 24.1 Å². The van der Waals surface area contributed by atoms with Crippen LogP contribution in [-0.4, -0.2) is 17.4 Å². The molecule has 17 heavy (non-hydrogen) atoms. The summed E-state index contributed by atoms with van der Waals surface area (Å²) >= 11 is 0. The van der Waals surface area contributed by atoms with Crippen LogP contribution in [0.4, 0.5) is 5.69 Å². The molecule has 0 fully saturated rings. The number of amides is 1. The van der Waals surface area contributed by atoms with E-state index in [2.05, 4.69) is 5.32 Å². The van der Waals surface area contributed by atoms with Crippen LogP contribution in [0.2, 0.25) is 0 Å². The van der Waals surface area contributed by atoms with Gasteiger partial charge >= 0.3 is 0 Å². The molecule has 0 aromatic heterocycles. The second-order valence-electron chi connectivity index (χ2n) is 3.52. The smallest absolute Gasteiger partial charge is 0.269 e. The van der Waals surface area contributed by atoms with Crippen LogP contribution in [0.15, 0.2) is 30.3 Å². The Bertz CT molecular complexity index is 424. The average Bonchev–Trinajstić information content (AvgIpc) is 2.29. The molecule has 0 radical (unpaired) electrons. The number of benzene rings is 1. The largest absolute Gasteiger partial charge is 0.356 e. The molecule has 0 heterocycles. The van der Waals surface area contributed by atoms with E-state index < -0.39 is 4.92 Å². The summed E-state index contributed by atoms with van der Waals surface area (Å²) in [4.78, 5) is 20.6. The third-order valence-electron chi connectivity index (χ3n) is 2.10. The summed E-state index contributed by atoms with van der Waals surface area (Å²) in [5.74, 6) is -0.0475. The van der Waals surface area contributed by atoms with Crippen molar-refractivity contribution in [3.05, 3.63) is 46.0 Å². The first-order valence-corrected chi connectivity index (χ1v) is 5.25. The van der Waals surface area contributed by atoms with Gasteiger partial charge in [-0.2, -0.15) is 0 Å². The van der Waals surface area contributed by atoms with E-state index in [1.165, 1.54) is 19.1 Å². The van der Waals surface area contributed by atoms with Crippen molar-refractivity contribution < 1.29 is 9.72 Å². The number of carbonyl (C=O) groups excluding carboxylic acids is 1. The number of nitro benzene ring substituents is 1. The number of hydrogen-bond acceptors (Lipinski definition) is 3. The molecular formula is C12H14N2O3. The fourth-order valence-corrected chi connectivity index (χ4v) is 1.26. The van der Waals surface area contributed by atoms with Crippen LogP contribution in [0.3, 0.4) is 0 Å². The molecule has 5 heteroatoms.